The molecule has 0 bridgehead atoms. The van der Waals surface area contributed by atoms with Gasteiger partial charge in [0.2, 0.25) is 0 Å². The van der Waals surface area contributed by atoms with Crippen molar-refractivity contribution in [2.45, 2.75) is 25.0 Å². The van der Waals surface area contributed by atoms with Gasteiger partial charge in [0.15, 0.2) is 0 Å². The largest absolute Gasteiger partial charge is 0.497 e. The Bertz CT molecular complexity index is 644. The SMILES string of the molecule is COc1ccc(C2CCCN2CC(O)c2ccccc2Cl)cc1. The number of hydrogen-bond donors (Lipinski definition) is 1. The molecular weight excluding hydrogens is 310 g/mol. The van der Waals surface area contributed by atoms with Gasteiger partial charge in [0, 0.05) is 23.2 Å². The number of halogens is 1. The van der Waals surface area contributed by atoms with E-state index in [4.69, 9.17) is 16.3 Å². The molecule has 23 heavy (non-hydrogen) atoms. The number of hydrogen-bond acceptors (Lipinski definition) is 3. The fraction of sp³-hybridized carbons (Fsp3) is 0.368. The maximum absolute atomic E-state index is 10.6. The third-order valence-corrected chi connectivity index (χ3v) is 4.88. The molecule has 2 aromatic carbocycles. The monoisotopic (exact) mass is 331 g/mol. The first-order valence-electron chi connectivity index (χ1n) is 7.99. The van der Waals surface area contributed by atoms with Gasteiger partial charge in [-0.3, -0.25) is 4.90 Å². The van der Waals surface area contributed by atoms with E-state index < -0.39 is 6.10 Å². The molecule has 1 N–H and O–H groups in total. The predicted octanol–water partition coefficient (Wildman–Crippen LogP) is 4.22. The molecule has 3 rings (SSSR count). The summed E-state index contributed by atoms with van der Waals surface area (Å²) in [5.74, 6) is 0.870. The van der Waals surface area contributed by atoms with Gasteiger partial charge in [-0.15, -0.1) is 0 Å². The average molecular weight is 332 g/mol. The van der Waals surface area contributed by atoms with Gasteiger partial charge in [-0.25, -0.2) is 0 Å². The minimum absolute atomic E-state index is 0.345. The van der Waals surface area contributed by atoms with Crippen LogP contribution in [0.1, 0.15) is 36.1 Å². The van der Waals surface area contributed by atoms with Crippen molar-refractivity contribution < 1.29 is 9.84 Å². The van der Waals surface area contributed by atoms with Gasteiger partial charge in [-0.05, 0) is 43.1 Å². The summed E-state index contributed by atoms with van der Waals surface area (Å²) in [6.07, 6.45) is 1.69. The topological polar surface area (TPSA) is 32.7 Å². The van der Waals surface area contributed by atoms with E-state index in [0.29, 0.717) is 17.6 Å². The summed E-state index contributed by atoms with van der Waals surface area (Å²) in [7, 11) is 1.68. The van der Waals surface area contributed by atoms with E-state index in [1.165, 1.54) is 5.56 Å². The average Bonchev–Trinajstić information content (AvgIpc) is 3.03. The van der Waals surface area contributed by atoms with E-state index in [9.17, 15) is 5.11 Å². The molecule has 122 valence electrons. The van der Waals surface area contributed by atoms with Crippen LogP contribution in [-0.2, 0) is 0 Å². The number of nitrogens with zero attached hydrogens (tertiary/aromatic N) is 1. The molecule has 3 nitrogen and oxygen atoms in total. The molecule has 1 heterocycles. The first-order chi connectivity index (χ1) is 11.2. The predicted molar refractivity (Wildman–Crippen MR) is 93.0 cm³/mol. The van der Waals surface area contributed by atoms with Gasteiger partial charge in [-0.1, -0.05) is 41.9 Å². The standard InChI is InChI=1S/C19H22ClNO2/c1-23-15-10-8-14(9-11-15)18-7-4-12-21(18)13-19(22)16-5-2-3-6-17(16)20/h2-3,5-6,8-11,18-19,22H,4,7,12-13H2,1H3. The second kappa shape index (κ2) is 7.35. The maximum atomic E-state index is 10.6. The lowest BCUT2D eigenvalue weighted by molar-refractivity contribution is 0.106. The van der Waals surface area contributed by atoms with Gasteiger partial charge in [0.1, 0.15) is 5.75 Å². The van der Waals surface area contributed by atoms with Crippen LogP contribution in [0, 0.1) is 0 Å². The molecule has 2 aromatic rings. The van der Waals surface area contributed by atoms with Crippen molar-refractivity contribution in [3.8, 4) is 5.75 Å². The Hall–Kier alpha value is -1.55. The number of aliphatic hydroxyl groups is 1. The lowest BCUT2D eigenvalue weighted by atomic mass is 10.0. The zero-order valence-electron chi connectivity index (χ0n) is 13.3. The van der Waals surface area contributed by atoms with Crippen molar-refractivity contribution in [2.75, 3.05) is 20.2 Å². The lowest BCUT2D eigenvalue weighted by Gasteiger charge is -2.27. The summed E-state index contributed by atoms with van der Waals surface area (Å²) in [5.41, 5.74) is 2.07. The van der Waals surface area contributed by atoms with Crippen molar-refractivity contribution in [2.24, 2.45) is 0 Å². The second-order valence-corrected chi connectivity index (χ2v) is 6.37. The van der Waals surface area contributed by atoms with Gasteiger partial charge in [0.05, 0.1) is 13.2 Å². The summed E-state index contributed by atoms with van der Waals surface area (Å²) >= 11 is 6.20. The van der Waals surface area contributed by atoms with Crippen LogP contribution in [0.25, 0.3) is 0 Å². The molecule has 0 aliphatic carbocycles. The van der Waals surface area contributed by atoms with Crippen molar-refractivity contribution in [1.82, 2.24) is 4.90 Å². The number of benzene rings is 2. The first kappa shape index (κ1) is 16.3. The van der Waals surface area contributed by atoms with Crippen LogP contribution >= 0.6 is 11.6 Å². The summed E-state index contributed by atoms with van der Waals surface area (Å²) in [6.45, 7) is 1.60. The lowest BCUT2D eigenvalue weighted by Crippen LogP contribution is -2.28. The number of aliphatic hydroxyl groups excluding tert-OH is 1. The quantitative estimate of drug-likeness (QED) is 0.890. The highest BCUT2D eigenvalue weighted by molar-refractivity contribution is 6.31. The molecule has 4 heteroatoms. The van der Waals surface area contributed by atoms with E-state index in [-0.39, 0.29) is 0 Å². The molecule has 2 atom stereocenters. The fourth-order valence-corrected chi connectivity index (χ4v) is 3.58. The second-order valence-electron chi connectivity index (χ2n) is 5.96. The molecule has 0 radical (unpaired) electrons. The first-order valence-corrected chi connectivity index (χ1v) is 8.37. The molecular formula is C19H22ClNO2. The van der Waals surface area contributed by atoms with Crippen LogP contribution in [-0.4, -0.2) is 30.2 Å². The molecule has 0 aromatic heterocycles. The minimum Gasteiger partial charge on any atom is -0.497 e. The van der Waals surface area contributed by atoms with Crippen LogP contribution in [0.2, 0.25) is 5.02 Å². The van der Waals surface area contributed by atoms with Crippen LogP contribution in [0.5, 0.6) is 5.75 Å². The number of β-amino-alcohol motifs (C(OH)–C–C–N with tert-alkyl or cyclic N) is 1. The van der Waals surface area contributed by atoms with Crippen molar-refractivity contribution in [3.05, 3.63) is 64.7 Å². The Morgan fingerprint density at radius 2 is 1.96 bits per heavy atom. The molecule has 0 amide bonds. The zero-order valence-corrected chi connectivity index (χ0v) is 14.0. The smallest absolute Gasteiger partial charge is 0.118 e. The zero-order chi connectivity index (χ0) is 16.2. The highest BCUT2D eigenvalue weighted by atomic mass is 35.5. The van der Waals surface area contributed by atoms with Crippen LogP contribution in [0.3, 0.4) is 0 Å². The van der Waals surface area contributed by atoms with E-state index in [2.05, 4.69) is 17.0 Å². The molecule has 0 saturated carbocycles. The van der Waals surface area contributed by atoms with Crippen molar-refractivity contribution in [1.29, 1.82) is 0 Å². The summed E-state index contributed by atoms with van der Waals surface area (Å²) in [5, 5.41) is 11.2. The Morgan fingerprint density at radius 3 is 2.65 bits per heavy atom. The highest BCUT2D eigenvalue weighted by Crippen LogP contribution is 2.34. The Kier molecular flexibility index (Phi) is 5.21. The van der Waals surface area contributed by atoms with E-state index >= 15 is 0 Å². The normalized spacial score (nSPS) is 19.7. The van der Waals surface area contributed by atoms with Crippen LogP contribution in [0.4, 0.5) is 0 Å². The van der Waals surface area contributed by atoms with E-state index in [1.54, 1.807) is 7.11 Å². The van der Waals surface area contributed by atoms with E-state index in [1.807, 2.05) is 36.4 Å². The Labute approximate surface area is 142 Å². The number of rotatable bonds is 5. The third-order valence-electron chi connectivity index (χ3n) is 4.54. The maximum Gasteiger partial charge on any atom is 0.118 e. The van der Waals surface area contributed by atoms with Gasteiger partial charge in [0.25, 0.3) is 0 Å². The molecule has 2 unspecified atom stereocenters. The van der Waals surface area contributed by atoms with Gasteiger partial charge < -0.3 is 9.84 Å². The highest BCUT2D eigenvalue weighted by Gasteiger charge is 2.28. The number of ether oxygens (including phenoxy) is 1. The van der Waals surface area contributed by atoms with Crippen molar-refractivity contribution >= 4 is 11.6 Å². The summed E-state index contributed by atoms with van der Waals surface area (Å²) < 4.78 is 5.23. The molecule has 0 spiro atoms. The van der Waals surface area contributed by atoms with Crippen molar-refractivity contribution in [3.63, 3.8) is 0 Å². The van der Waals surface area contributed by atoms with Gasteiger partial charge >= 0.3 is 0 Å². The molecule has 1 fully saturated rings. The Balaban J connectivity index is 1.72. The fourth-order valence-electron chi connectivity index (χ4n) is 3.31. The van der Waals surface area contributed by atoms with Gasteiger partial charge in [-0.2, -0.15) is 0 Å². The molecule has 1 aliphatic heterocycles. The van der Waals surface area contributed by atoms with Crippen LogP contribution in [0.15, 0.2) is 48.5 Å². The molecule has 1 aliphatic rings. The number of methoxy groups -OCH3 is 1. The van der Waals surface area contributed by atoms with Crippen LogP contribution < -0.4 is 4.74 Å². The number of likely N-dealkylation sites (tertiary alicyclic amines) is 1. The Morgan fingerprint density at radius 1 is 1.22 bits per heavy atom. The summed E-state index contributed by atoms with van der Waals surface area (Å²) in [4.78, 5) is 2.34. The van der Waals surface area contributed by atoms with E-state index in [0.717, 1.165) is 30.7 Å². The summed E-state index contributed by atoms with van der Waals surface area (Å²) in [6, 6.07) is 16.1. The minimum atomic E-state index is -0.567. The molecule has 1 saturated heterocycles. The third kappa shape index (κ3) is 3.69.